The van der Waals surface area contributed by atoms with Crippen molar-refractivity contribution in [2.45, 2.75) is 39.2 Å². The molecule has 1 aliphatic heterocycles. The van der Waals surface area contributed by atoms with E-state index in [2.05, 4.69) is 10.1 Å². The molecule has 1 saturated heterocycles. The van der Waals surface area contributed by atoms with E-state index in [0.29, 0.717) is 13.0 Å². The fourth-order valence-corrected chi connectivity index (χ4v) is 2.13. The number of nitrogens with zero attached hydrogens (tertiary/aromatic N) is 3. The number of hydrogen-bond acceptors (Lipinski definition) is 4. The lowest BCUT2D eigenvalue weighted by molar-refractivity contribution is -0.126. The monoisotopic (exact) mass is 237 g/mol. The summed E-state index contributed by atoms with van der Waals surface area (Å²) in [7, 11) is 0. The predicted octanol–water partition coefficient (Wildman–Crippen LogP) is 1.40. The molecular formula is C12H19N3O2. The Labute approximate surface area is 101 Å². The van der Waals surface area contributed by atoms with Gasteiger partial charge in [-0.1, -0.05) is 0 Å². The maximum Gasteiger partial charge on any atom is 0.145 e. The summed E-state index contributed by atoms with van der Waals surface area (Å²) in [4.78, 5) is 16.2. The molecule has 1 aliphatic rings. The standard InChI is InChI=1S/C12H19N3O2/c1-9(2)15-12(13-8-14-15)6-11(16)10-4-3-5-17-7-10/h8-10H,3-7H2,1-2H3. The van der Waals surface area contributed by atoms with Gasteiger partial charge in [0.25, 0.3) is 0 Å². The lowest BCUT2D eigenvalue weighted by Gasteiger charge is -2.20. The first-order valence-electron chi connectivity index (χ1n) is 6.17. The third-order valence-electron chi connectivity index (χ3n) is 3.08. The summed E-state index contributed by atoms with van der Waals surface area (Å²) in [5.74, 6) is 1.02. The van der Waals surface area contributed by atoms with E-state index in [1.165, 1.54) is 6.33 Å². The average molecular weight is 237 g/mol. The van der Waals surface area contributed by atoms with E-state index in [9.17, 15) is 4.79 Å². The van der Waals surface area contributed by atoms with Gasteiger partial charge in [0.05, 0.1) is 13.0 Å². The van der Waals surface area contributed by atoms with Crippen molar-refractivity contribution in [1.82, 2.24) is 14.8 Å². The van der Waals surface area contributed by atoms with Crippen molar-refractivity contribution < 1.29 is 9.53 Å². The average Bonchev–Trinajstić information content (AvgIpc) is 2.78. The molecule has 1 aromatic rings. The largest absolute Gasteiger partial charge is 0.381 e. The van der Waals surface area contributed by atoms with E-state index in [4.69, 9.17) is 4.74 Å². The Hall–Kier alpha value is -1.23. The third-order valence-corrected chi connectivity index (χ3v) is 3.08. The molecule has 0 saturated carbocycles. The van der Waals surface area contributed by atoms with Crippen LogP contribution in [-0.4, -0.2) is 33.8 Å². The van der Waals surface area contributed by atoms with Gasteiger partial charge in [0, 0.05) is 18.6 Å². The minimum atomic E-state index is 0.0427. The number of rotatable bonds is 4. The SMILES string of the molecule is CC(C)n1ncnc1CC(=O)C1CCCOC1. The van der Waals surface area contributed by atoms with E-state index in [1.807, 2.05) is 18.5 Å². The maximum atomic E-state index is 12.1. The number of Topliss-reactive ketones (excluding diaryl/α,β-unsaturated/α-hetero) is 1. The second kappa shape index (κ2) is 5.40. The number of aromatic nitrogens is 3. The van der Waals surface area contributed by atoms with Gasteiger partial charge < -0.3 is 4.74 Å². The van der Waals surface area contributed by atoms with Crippen LogP contribution in [0.5, 0.6) is 0 Å². The Bertz CT molecular complexity index is 381. The molecule has 0 N–H and O–H groups in total. The fraction of sp³-hybridized carbons (Fsp3) is 0.750. The molecule has 1 unspecified atom stereocenters. The van der Waals surface area contributed by atoms with Crippen molar-refractivity contribution in [3.05, 3.63) is 12.2 Å². The maximum absolute atomic E-state index is 12.1. The third kappa shape index (κ3) is 2.91. The molecule has 0 radical (unpaired) electrons. The Balaban J connectivity index is 1.99. The van der Waals surface area contributed by atoms with Gasteiger partial charge in [-0.3, -0.25) is 4.79 Å². The Kier molecular flexibility index (Phi) is 3.89. The summed E-state index contributed by atoms with van der Waals surface area (Å²) in [5, 5.41) is 4.14. The Morgan fingerprint density at radius 3 is 3.12 bits per heavy atom. The van der Waals surface area contributed by atoms with Gasteiger partial charge in [-0.2, -0.15) is 5.10 Å². The summed E-state index contributed by atoms with van der Waals surface area (Å²) in [6.07, 6.45) is 3.80. The molecule has 1 atom stereocenters. The molecule has 0 spiro atoms. The molecular weight excluding hydrogens is 218 g/mol. The van der Waals surface area contributed by atoms with E-state index in [0.717, 1.165) is 25.3 Å². The summed E-state index contributed by atoms with van der Waals surface area (Å²) in [6.45, 7) is 5.42. The van der Waals surface area contributed by atoms with Gasteiger partial charge in [0.2, 0.25) is 0 Å². The van der Waals surface area contributed by atoms with Crippen LogP contribution in [0.1, 0.15) is 38.6 Å². The minimum Gasteiger partial charge on any atom is -0.381 e. The van der Waals surface area contributed by atoms with Crippen LogP contribution < -0.4 is 0 Å². The molecule has 0 amide bonds. The Morgan fingerprint density at radius 1 is 1.65 bits per heavy atom. The lowest BCUT2D eigenvalue weighted by Crippen LogP contribution is -2.27. The van der Waals surface area contributed by atoms with Crippen molar-refractivity contribution in [2.24, 2.45) is 5.92 Å². The molecule has 5 nitrogen and oxygen atoms in total. The molecule has 0 aromatic carbocycles. The highest BCUT2D eigenvalue weighted by molar-refractivity contribution is 5.82. The van der Waals surface area contributed by atoms with Crippen LogP contribution in [0.2, 0.25) is 0 Å². The number of ketones is 1. The number of hydrogen-bond donors (Lipinski definition) is 0. The van der Waals surface area contributed by atoms with E-state index in [-0.39, 0.29) is 17.7 Å². The second-order valence-electron chi connectivity index (χ2n) is 4.77. The quantitative estimate of drug-likeness (QED) is 0.794. The first-order chi connectivity index (χ1) is 8.18. The van der Waals surface area contributed by atoms with Crippen LogP contribution in [0, 0.1) is 5.92 Å². The molecule has 5 heteroatoms. The minimum absolute atomic E-state index is 0.0427. The second-order valence-corrected chi connectivity index (χ2v) is 4.77. The molecule has 0 aliphatic carbocycles. The van der Waals surface area contributed by atoms with Gasteiger partial charge in [-0.15, -0.1) is 0 Å². The number of carbonyl (C=O) groups is 1. The highest BCUT2D eigenvalue weighted by Gasteiger charge is 2.23. The fourth-order valence-electron chi connectivity index (χ4n) is 2.13. The van der Waals surface area contributed by atoms with Crippen LogP contribution >= 0.6 is 0 Å². The smallest absolute Gasteiger partial charge is 0.145 e. The number of ether oxygens (including phenoxy) is 1. The van der Waals surface area contributed by atoms with Crippen molar-refractivity contribution >= 4 is 5.78 Å². The zero-order valence-electron chi connectivity index (χ0n) is 10.4. The van der Waals surface area contributed by atoms with Crippen molar-refractivity contribution in [3.63, 3.8) is 0 Å². The lowest BCUT2D eigenvalue weighted by atomic mass is 9.95. The summed E-state index contributed by atoms with van der Waals surface area (Å²) >= 11 is 0. The first kappa shape index (κ1) is 12.2. The Morgan fingerprint density at radius 2 is 2.47 bits per heavy atom. The van der Waals surface area contributed by atoms with Gasteiger partial charge in [-0.25, -0.2) is 9.67 Å². The molecule has 2 rings (SSSR count). The van der Waals surface area contributed by atoms with Gasteiger partial charge in [-0.05, 0) is 26.7 Å². The van der Waals surface area contributed by atoms with Crippen LogP contribution in [-0.2, 0) is 16.0 Å². The van der Waals surface area contributed by atoms with Crippen LogP contribution in [0.3, 0.4) is 0 Å². The summed E-state index contributed by atoms with van der Waals surface area (Å²) in [6, 6.07) is 0.239. The van der Waals surface area contributed by atoms with Gasteiger partial charge in [0.1, 0.15) is 17.9 Å². The summed E-state index contributed by atoms with van der Waals surface area (Å²) in [5.41, 5.74) is 0. The topological polar surface area (TPSA) is 57.0 Å². The molecule has 1 aromatic heterocycles. The highest BCUT2D eigenvalue weighted by Crippen LogP contribution is 2.17. The van der Waals surface area contributed by atoms with Crippen molar-refractivity contribution in [1.29, 1.82) is 0 Å². The van der Waals surface area contributed by atoms with Gasteiger partial charge >= 0.3 is 0 Å². The van der Waals surface area contributed by atoms with Crippen LogP contribution in [0.4, 0.5) is 0 Å². The van der Waals surface area contributed by atoms with Crippen LogP contribution in [0.15, 0.2) is 6.33 Å². The zero-order chi connectivity index (χ0) is 12.3. The van der Waals surface area contributed by atoms with Crippen molar-refractivity contribution in [2.75, 3.05) is 13.2 Å². The number of carbonyl (C=O) groups excluding carboxylic acids is 1. The van der Waals surface area contributed by atoms with E-state index < -0.39 is 0 Å². The molecule has 2 heterocycles. The molecule has 1 fully saturated rings. The van der Waals surface area contributed by atoms with Gasteiger partial charge in [0.15, 0.2) is 0 Å². The molecule has 17 heavy (non-hydrogen) atoms. The molecule has 94 valence electrons. The predicted molar refractivity (Wildman–Crippen MR) is 62.7 cm³/mol. The van der Waals surface area contributed by atoms with E-state index >= 15 is 0 Å². The van der Waals surface area contributed by atoms with E-state index in [1.54, 1.807) is 0 Å². The normalized spacial score (nSPS) is 20.8. The van der Waals surface area contributed by atoms with Crippen LogP contribution in [0.25, 0.3) is 0 Å². The first-order valence-corrected chi connectivity index (χ1v) is 6.17. The highest BCUT2D eigenvalue weighted by atomic mass is 16.5. The molecule has 0 bridgehead atoms. The zero-order valence-corrected chi connectivity index (χ0v) is 10.4. The summed E-state index contributed by atoms with van der Waals surface area (Å²) < 4.78 is 7.14. The van der Waals surface area contributed by atoms with Crippen molar-refractivity contribution in [3.8, 4) is 0 Å².